The lowest BCUT2D eigenvalue weighted by Gasteiger charge is -2.01. The van der Waals surface area contributed by atoms with Crippen molar-refractivity contribution in [2.24, 2.45) is 10.3 Å². The molecule has 0 bridgehead atoms. The third kappa shape index (κ3) is 4.00. The van der Waals surface area contributed by atoms with E-state index in [9.17, 15) is 9.70 Å². The van der Waals surface area contributed by atoms with Crippen LogP contribution in [0.1, 0.15) is 0 Å². The number of nitrogens with zero attached hydrogens (tertiary/aromatic N) is 2. The van der Waals surface area contributed by atoms with Crippen LogP contribution in [-0.4, -0.2) is 24.5 Å². The molecule has 5 nitrogen and oxygen atoms in total. The Morgan fingerprint density at radius 2 is 2.40 bits per heavy atom. The Hall–Kier alpha value is -0.930. The molecule has 1 N–H and O–H groups in total. The van der Waals surface area contributed by atoms with E-state index in [-0.39, 0.29) is 12.4 Å². The van der Waals surface area contributed by atoms with E-state index in [0.29, 0.717) is 0 Å². The van der Waals surface area contributed by atoms with Crippen molar-refractivity contribution in [2.45, 2.75) is 6.04 Å². The Balaban J connectivity index is 3.59. The van der Waals surface area contributed by atoms with Gasteiger partial charge in [-0.05, 0) is 0 Å². The molecule has 0 saturated carbocycles. The van der Waals surface area contributed by atoms with Crippen LogP contribution in [0, 0.1) is 4.91 Å². The van der Waals surface area contributed by atoms with E-state index in [0.717, 1.165) is 0 Å². The number of hydrogen-bond donors (Lipinski definition) is 1. The van der Waals surface area contributed by atoms with Gasteiger partial charge in [-0.2, -0.15) is 4.99 Å². The lowest BCUT2D eigenvalue weighted by atomic mass is 10.4. The molecule has 0 spiro atoms. The van der Waals surface area contributed by atoms with Gasteiger partial charge in [-0.25, -0.2) is 4.79 Å². The molecule has 10 heavy (non-hydrogen) atoms. The van der Waals surface area contributed by atoms with Crippen LogP contribution < -0.4 is 5.43 Å². The van der Waals surface area contributed by atoms with Crippen molar-refractivity contribution in [3.8, 4) is 0 Å². The molecule has 0 rings (SSSR count). The molecule has 0 aliphatic rings. The minimum atomic E-state index is -0.420. The number of alkyl halides is 1. The highest BCUT2D eigenvalue weighted by Crippen LogP contribution is 1.90. The average molecular weight is 164 g/mol. The fourth-order valence-corrected chi connectivity index (χ4v) is 0.530. The first-order valence-electron chi connectivity index (χ1n) is 2.53. The van der Waals surface area contributed by atoms with Crippen molar-refractivity contribution in [3.63, 3.8) is 0 Å². The maximum atomic E-state index is 9.65. The second-order valence-corrected chi connectivity index (χ2v) is 1.79. The Bertz CT molecular complexity index is 145. The molecule has 0 aromatic carbocycles. The highest BCUT2D eigenvalue weighted by Gasteiger charge is 2.02. The molecule has 1 unspecified atom stereocenters. The number of nitroso groups, excluding NO2 is 1. The number of carbonyl (C=O) groups excluding carboxylic acids is 1. The van der Waals surface area contributed by atoms with E-state index in [1.54, 1.807) is 0 Å². The van der Waals surface area contributed by atoms with Gasteiger partial charge in [0.25, 0.3) is 0 Å². The molecule has 0 aromatic rings. The number of nitrogens with one attached hydrogen (secondary N) is 1. The summed E-state index contributed by atoms with van der Waals surface area (Å²) in [5, 5.41) is 2.36. The van der Waals surface area contributed by atoms with Crippen molar-refractivity contribution in [1.82, 2.24) is 5.43 Å². The Morgan fingerprint density at radius 1 is 1.70 bits per heavy atom. The van der Waals surface area contributed by atoms with Crippen LogP contribution in [0.2, 0.25) is 0 Å². The zero-order valence-corrected chi connectivity index (χ0v) is 5.84. The zero-order valence-electron chi connectivity index (χ0n) is 5.08. The zero-order chi connectivity index (χ0) is 7.82. The van der Waals surface area contributed by atoms with E-state index in [4.69, 9.17) is 11.6 Å². The summed E-state index contributed by atoms with van der Waals surface area (Å²) in [7, 11) is 0. The maximum absolute atomic E-state index is 9.65. The van der Waals surface area contributed by atoms with Crippen molar-refractivity contribution in [3.05, 3.63) is 4.91 Å². The Labute approximate surface area is 62.4 Å². The highest BCUT2D eigenvalue weighted by molar-refractivity contribution is 6.18. The van der Waals surface area contributed by atoms with Gasteiger partial charge in [0, 0.05) is 11.2 Å². The van der Waals surface area contributed by atoms with E-state index in [1.807, 2.05) is 0 Å². The van der Waals surface area contributed by atoms with Crippen LogP contribution in [-0.2, 0) is 4.79 Å². The summed E-state index contributed by atoms with van der Waals surface area (Å²) >= 11 is 5.33. The summed E-state index contributed by atoms with van der Waals surface area (Å²) in [6.07, 6.45) is 1.33. The summed E-state index contributed by atoms with van der Waals surface area (Å²) in [6.45, 7) is 0.169. The van der Waals surface area contributed by atoms with Gasteiger partial charge in [0.15, 0.2) is 0 Å². The SMILES string of the molecule is O=C=NC(CCl)CNN=O. The fraction of sp³-hybridized carbons (Fsp3) is 0.750. The van der Waals surface area contributed by atoms with E-state index < -0.39 is 6.04 Å². The van der Waals surface area contributed by atoms with Crippen LogP contribution in [0.15, 0.2) is 10.3 Å². The number of halogens is 1. The monoisotopic (exact) mass is 163 g/mol. The first kappa shape index (κ1) is 9.07. The van der Waals surface area contributed by atoms with Crippen molar-refractivity contribution in [1.29, 1.82) is 0 Å². The minimum Gasteiger partial charge on any atom is -0.272 e. The molecule has 1 atom stereocenters. The van der Waals surface area contributed by atoms with Gasteiger partial charge in [0.2, 0.25) is 6.08 Å². The van der Waals surface area contributed by atoms with Crippen molar-refractivity contribution < 1.29 is 4.79 Å². The highest BCUT2D eigenvalue weighted by atomic mass is 35.5. The van der Waals surface area contributed by atoms with Crippen LogP contribution in [0.25, 0.3) is 0 Å². The predicted octanol–water partition coefficient (Wildman–Crippen LogP) is 0.201. The fourth-order valence-electron chi connectivity index (χ4n) is 0.352. The number of isocyanates is 1. The summed E-state index contributed by atoms with van der Waals surface area (Å²) in [4.78, 5) is 22.4. The molecule has 6 heteroatoms. The van der Waals surface area contributed by atoms with E-state index in [2.05, 4.69) is 15.7 Å². The molecule has 56 valence electrons. The maximum Gasteiger partial charge on any atom is 0.235 e. The second-order valence-electron chi connectivity index (χ2n) is 1.48. The van der Waals surface area contributed by atoms with Gasteiger partial charge < -0.3 is 0 Å². The van der Waals surface area contributed by atoms with Crippen molar-refractivity contribution >= 4 is 17.7 Å². The largest absolute Gasteiger partial charge is 0.272 e. The smallest absolute Gasteiger partial charge is 0.235 e. The van der Waals surface area contributed by atoms with Gasteiger partial charge in [-0.15, -0.1) is 16.5 Å². The Kier molecular flexibility index (Phi) is 5.62. The molecule has 0 aliphatic heterocycles. The first-order chi connectivity index (χ1) is 4.85. The third-order valence-electron chi connectivity index (χ3n) is 0.805. The molecular formula is C4H6ClN3O2. The number of hydrogen-bond acceptors (Lipinski definition) is 4. The summed E-state index contributed by atoms with van der Waals surface area (Å²) in [5.74, 6) is 0.164. The second kappa shape index (κ2) is 6.19. The van der Waals surface area contributed by atoms with Gasteiger partial charge >= 0.3 is 0 Å². The summed E-state index contributed by atoms with van der Waals surface area (Å²) < 4.78 is 0. The minimum absolute atomic E-state index is 0.164. The standard InChI is InChI=1S/C4H6ClN3O2/c5-1-4(6-3-9)2-7-8-10/h4H,1-2H2,(H,7,10). The molecule has 0 amide bonds. The van der Waals surface area contributed by atoms with Crippen LogP contribution in [0.4, 0.5) is 0 Å². The lowest BCUT2D eigenvalue weighted by Crippen LogP contribution is -2.22. The molecule has 0 heterocycles. The first-order valence-corrected chi connectivity index (χ1v) is 3.06. The molecule has 0 fully saturated rings. The van der Waals surface area contributed by atoms with Crippen LogP contribution in [0.5, 0.6) is 0 Å². The third-order valence-corrected chi connectivity index (χ3v) is 1.16. The topological polar surface area (TPSA) is 70.9 Å². The average Bonchev–Trinajstić information content (AvgIpc) is 1.98. The lowest BCUT2D eigenvalue weighted by molar-refractivity contribution is 0.554. The normalized spacial score (nSPS) is 11.3. The van der Waals surface area contributed by atoms with Gasteiger partial charge in [0.1, 0.15) is 0 Å². The number of rotatable bonds is 5. The quantitative estimate of drug-likeness (QED) is 0.207. The summed E-state index contributed by atoms with van der Waals surface area (Å²) in [5.41, 5.74) is 2.10. The molecule has 0 aromatic heterocycles. The van der Waals surface area contributed by atoms with E-state index in [1.165, 1.54) is 6.08 Å². The van der Waals surface area contributed by atoms with Crippen molar-refractivity contribution in [2.75, 3.05) is 12.4 Å². The van der Waals surface area contributed by atoms with Gasteiger partial charge in [0.05, 0.1) is 12.6 Å². The molecule has 0 radical (unpaired) electrons. The van der Waals surface area contributed by atoms with E-state index >= 15 is 0 Å². The predicted molar refractivity (Wildman–Crippen MR) is 36.4 cm³/mol. The van der Waals surface area contributed by atoms with Gasteiger partial charge in [-0.3, -0.25) is 5.43 Å². The molecular weight excluding hydrogens is 158 g/mol. The summed E-state index contributed by atoms with van der Waals surface area (Å²) in [6, 6.07) is -0.420. The molecule has 0 saturated heterocycles. The van der Waals surface area contributed by atoms with Gasteiger partial charge in [-0.1, -0.05) is 0 Å². The number of aliphatic imine (C=N–C) groups is 1. The molecule has 0 aliphatic carbocycles. The van der Waals surface area contributed by atoms with Crippen LogP contribution in [0.3, 0.4) is 0 Å². The Morgan fingerprint density at radius 3 is 2.80 bits per heavy atom. The van der Waals surface area contributed by atoms with Crippen LogP contribution >= 0.6 is 11.6 Å².